The maximum absolute atomic E-state index is 2.61. The van der Waals surface area contributed by atoms with E-state index in [1.165, 1.54) is 131 Å². The van der Waals surface area contributed by atoms with Gasteiger partial charge in [-0.05, 0) is 137 Å². The summed E-state index contributed by atoms with van der Waals surface area (Å²) in [5.41, 5.74) is 14.7. The van der Waals surface area contributed by atoms with Crippen molar-refractivity contribution in [2.24, 2.45) is 0 Å². The monoisotopic (exact) mass is 846 g/mol. The summed E-state index contributed by atoms with van der Waals surface area (Å²) in [5.74, 6) is 0. The molecule has 1 aliphatic carbocycles. The number of rotatable bonds is 5. The molecule has 0 atom stereocenters. The van der Waals surface area contributed by atoms with Crippen LogP contribution in [-0.2, 0) is 5.41 Å². The highest BCUT2D eigenvalue weighted by atomic mass is 14.5. The van der Waals surface area contributed by atoms with Crippen molar-refractivity contribution in [3.63, 3.8) is 0 Å². The number of benzene rings is 13. The highest BCUT2D eigenvalue weighted by Crippen LogP contribution is 2.63. The highest BCUT2D eigenvalue weighted by Gasteiger charge is 2.49. The zero-order valence-corrected chi connectivity index (χ0v) is 36.7. The van der Waals surface area contributed by atoms with Crippen LogP contribution in [0.4, 0.5) is 0 Å². The van der Waals surface area contributed by atoms with Gasteiger partial charge >= 0.3 is 0 Å². The molecule has 0 heterocycles. The second-order valence-corrected chi connectivity index (χ2v) is 18.2. The van der Waals surface area contributed by atoms with E-state index in [-0.39, 0.29) is 0 Å². The Morgan fingerprint density at radius 3 is 1.21 bits per heavy atom. The summed E-state index contributed by atoms with van der Waals surface area (Å²) in [6, 6.07) is 95.4. The third-order valence-electron chi connectivity index (χ3n) is 14.9. The number of hydrogen-bond donors (Lipinski definition) is 0. The molecule has 67 heavy (non-hydrogen) atoms. The van der Waals surface area contributed by atoms with Crippen LogP contribution in [0.1, 0.15) is 22.3 Å². The number of hydrogen-bond acceptors (Lipinski definition) is 0. The smallest absolute Gasteiger partial charge is 0.0622 e. The minimum absolute atomic E-state index is 0.632. The molecule has 0 nitrogen and oxygen atoms in total. The second kappa shape index (κ2) is 14.7. The van der Waals surface area contributed by atoms with Gasteiger partial charge in [-0.2, -0.15) is 0 Å². The fraction of sp³-hybridized carbons (Fsp3) is 0.0149. The van der Waals surface area contributed by atoms with Crippen LogP contribution in [-0.4, -0.2) is 0 Å². The minimum Gasteiger partial charge on any atom is -0.0622 e. The quantitative estimate of drug-likeness (QED) is 0.120. The van der Waals surface area contributed by atoms with Crippen molar-refractivity contribution in [1.82, 2.24) is 0 Å². The zero-order valence-electron chi connectivity index (χ0n) is 36.7. The molecule has 0 aromatic heterocycles. The first-order valence-corrected chi connectivity index (χ1v) is 23.4. The molecular weight excluding hydrogens is 805 g/mol. The Hall–Kier alpha value is -8.58. The third-order valence-corrected chi connectivity index (χ3v) is 14.9. The molecule has 0 saturated carbocycles. The lowest BCUT2D eigenvalue weighted by Gasteiger charge is -2.35. The van der Waals surface area contributed by atoms with Gasteiger partial charge in [0, 0.05) is 0 Å². The Labute approximate surface area is 389 Å². The highest BCUT2D eigenvalue weighted by molar-refractivity contribution is 6.27. The summed E-state index contributed by atoms with van der Waals surface area (Å²) in [4.78, 5) is 0. The zero-order chi connectivity index (χ0) is 44.1. The van der Waals surface area contributed by atoms with E-state index in [1.54, 1.807) is 0 Å². The summed E-state index contributed by atoms with van der Waals surface area (Å²) in [6.07, 6.45) is 0. The predicted octanol–water partition coefficient (Wildman–Crippen LogP) is 18.0. The molecule has 310 valence electrons. The van der Waals surface area contributed by atoms with E-state index in [0.29, 0.717) is 0 Å². The van der Waals surface area contributed by atoms with E-state index < -0.39 is 5.41 Å². The average molecular weight is 847 g/mol. The maximum Gasteiger partial charge on any atom is 0.0720 e. The average Bonchev–Trinajstić information content (AvgIpc) is 3.73. The summed E-state index contributed by atoms with van der Waals surface area (Å²) in [7, 11) is 0. The number of fused-ring (bicyclic) bond motifs is 13. The maximum atomic E-state index is 2.61. The first-order chi connectivity index (χ1) is 33.3. The van der Waals surface area contributed by atoms with Crippen LogP contribution >= 0.6 is 0 Å². The molecule has 0 N–H and O–H groups in total. The minimum atomic E-state index is -0.632. The Balaban J connectivity index is 1.11. The first-order valence-electron chi connectivity index (χ1n) is 23.4. The van der Waals surface area contributed by atoms with Crippen LogP contribution in [0.2, 0.25) is 0 Å². The van der Waals surface area contributed by atoms with Gasteiger partial charge in [-0.25, -0.2) is 0 Å². The lowest BCUT2D eigenvalue weighted by molar-refractivity contribution is 0.777. The van der Waals surface area contributed by atoms with Crippen molar-refractivity contribution < 1.29 is 0 Å². The van der Waals surface area contributed by atoms with Gasteiger partial charge in [0.1, 0.15) is 0 Å². The van der Waals surface area contributed by atoms with Crippen LogP contribution in [0.5, 0.6) is 0 Å². The Morgan fingerprint density at radius 2 is 0.627 bits per heavy atom. The van der Waals surface area contributed by atoms with Gasteiger partial charge in [0.15, 0.2) is 0 Å². The molecule has 0 amide bonds. The fourth-order valence-corrected chi connectivity index (χ4v) is 12.2. The molecule has 14 rings (SSSR count). The van der Waals surface area contributed by atoms with Crippen molar-refractivity contribution in [2.75, 3.05) is 0 Å². The van der Waals surface area contributed by atoms with E-state index in [4.69, 9.17) is 0 Å². The molecule has 0 spiro atoms. The molecule has 0 fully saturated rings. The van der Waals surface area contributed by atoms with Crippen molar-refractivity contribution in [3.05, 3.63) is 277 Å². The fourth-order valence-electron chi connectivity index (χ4n) is 12.2. The lowest BCUT2D eigenvalue weighted by Crippen LogP contribution is -2.29. The Bertz CT molecular complexity index is 4020. The Morgan fingerprint density at radius 1 is 0.224 bits per heavy atom. The van der Waals surface area contributed by atoms with Crippen molar-refractivity contribution >= 4 is 64.6 Å². The van der Waals surface area contributed by atoms with Crippen molar-refractivity contribution in [2.45, 2.75) is 5.41 Å². The summed E-state index contributed by atoms with van der Waals surface area (Å²) in [5, 5.41) is 15.2. The van der Waals surface area contributed by atoms with Crippen LogP contribution in [0, 0.1) is 0 Å². The SMILES string of the molecule is c1ccc(C2(c3ccccc3)c3cc(-c4c5ccccc5c(-c5ccc(-c6cccc7ccccc67)cc5)c5ccccc45)c4ccccc4c3-c3c2c2ccccc2c2ccccc32)cc1. The molecule has 0 heteroatoms. The molecule has 0 radical (unpaired) electrons. The standard InChI is InChI=1S/C67H42/c1-3-22-46(23-4-1)67(47-24-5-2-6-25-47)61-42-60(52-29-10-12-30-53(52)64(61)65-54-31-13-9-27-50(54)51-28-11-18-36-59(51)66(65)67)63-57-34-16-14-32-55(57)62(56-33-15-17-35-58(56)63)45-40-38-44(39-41-45)49-37-19-21-43-20-7-8-26-48(43)49/h1-42H. The van der Waals surface area contributed by atoms with E-state index in [2.05, 4.69) is 255 Å². The predicted molar refractivity (Wildman–Crippen MR) is 285 cm³/mol. The van der Waals surface area contributed by atoms with Gasteiger partial charge in [0.2, 0.25) is 0 Å². The van der Waals surface area contributed by atoms with E-state index >= 15 is 0 Å². The molecule has 1 aliphatic rings. The van der Waals surface area contributed by atoms with Gasteiger partial charge < -0.3 is 0 Å². The van der Waals surface area contributed by atoms with Crippen LogP contribution < -0.4 is 0 Å². The summed E-state index contributed by atoms with van der Waals surface area (Å²) in [6.45, 7) is 0. The van der Waals surface area contributed by atoms with Gasteiger partial charge in [0.05, 0.1) is 5.41 Å². The van der Waals surface area contributed by atoms with Gasteiger partial charge in [-0.3, -0.25) is 0 Å². The van der Waals surface area contributed by atoms with E-state index in [9.17, 15) is 0 Å². The molecule has 0 bridgehead atoms. The van der Waals surface area contributed by atoms with Crippen LogP contribution in [0.3, 0.4) is 0 Å². The van der Waals surface area contributed by atoms with E-state index in [1.807, 2.05) is 0 Å². The van der Waals surface area contributed by atoms with Crippen LogP contribution in [0.25, 0.3) is 109 Å². The molecule has 0 aliphatic heterocycles. The largest absolute Gasteiger partial charge is 0.0720 e. The molecular formula is C67H42. The van der Waals surface area contributed by atoms with Gasteiger partial charge in [-0.1, -0.05) is 249 Å². The molecule has 13 aromatic carbocycles. The van der Waals surface area contributed by atoms with Crippen molar-refractivity contribution in [1.29, 1.82) is 0 Å². The lowest BCUT2D eigenvalue weighted by atomic mass is 9.66. The molecule has 13 aromatic rings. The van der Waals surface area contributed by atoms with E-state index in [0.717, 1.165) is 0 Å². The second-order valence-electron chi connectivity index (χ2n) is 18.2. The Kier molecular flexibility index (Phi) is 8.30. The van der Waals surface area contributed by atoms with Gasteiger partial charge in [0.25, 0.3) is 0 Å². The normalized spacial score (nSPS) is 12.9. The van der Waals surface area contributed by atoms with Crippen LogP contribution in [0.15, 0.2) is 255 Å². The molecule has 0 unspecified atom stereocenters. The van der Waals surface area contributed by atoms with Crippen molar-refractivity contribution in [3.8, 4) is 44.5 Å². The summed E-state index contributed by atoms with van der Waals surface area (Å²) < 4.78 is 0. The summed E-state index contributed by atoms with van der Waals surface area (Å²) >= 11 is 0. The topological polar surface area (TPSA) is 0 Å². The third kappa shape index (κ3) is 5.36. The van der Waals surface area contributed by atoms with Gasteiger partial charge in [-0.15, -0.1) is 0 Å². The molecule has 0 saturated heterocycles. The first kappa shape index (κ1) is 37.8.